The Bertz CT molecular complexity index is 1210. The number of aryl methyl sites for hydroxylation is 1. The Labute approximate surface area is 196 Å². The van der Waals surface area contributed by atoms with Gasteiger partial charge in [-0.15, -0.1) is 0 Å². The highest BCUT2D eigenvalue weighted by molar-refractivity contribution is 14.1. The van der Waals surface area contributed by atoms with E-state index >= 15 is 0 Å². The predicted octanol–water partition coefficient (Wildman–Crippen LogP) is 4.89. The van der Waals surface area contributed by atoms with Crippen molar-refractivity contribution in [3.05, 3.63) is 91.5 Å². The monoisotopic (exact) mass is 598 g/mol. The molecule has 0 radical (unpaired) electrons. The molecule has 9 heteroatoms. The maximum Gasteiger partial charge on any atom is 0.339 e. The third-order valence-corrected chi connectivity index (χ3v) is 6.35. The van der Waals surface area contributed by atoms with Gasteiger partial charge in [-0.3, -0.25) is 4.79 Å². The number of nitrogens with zero attached hydrogens (tertiary/aromatic N) is 1. The molecule has 0 aliphatic rings. The molecule has 0 unspecified atom stereocenters. The fraction of sp³-hybridized carbons (Fsp3) is 0.0476. The van der Waals surface area contributed by atoms with E-state index in [1.807, 2.05) is 13.0 Å². The third kappa shape index (κ3) is 5.89. The van der Waals surface area contributed by atoms with E-state index in [2.05, 4.69) is 49.0 Å². The van der Waals surface area contributed by atoms with Crippen LogP contribution in [-0.4, -0.2) is 20.5 Å². The van der Waals surface area contributed by atoms with E-state index < -0.39 is 10.1 Å². The zero-order valence-corrected chi connectivity index (χ0v) is 20.2. The number of benzene rings is 3. The molecule has 0 fully saturated rings. The van der Waals surface area contributed by atoms with Crippen LogP contribution in [0.1, 0.15) is 21.5 Å². The van der Waals surface area contributed by atoms with Gasteiger partial charge in [-0.05, 0) is 78.0 Å². The van der Waals surface area contributed by atoms with Crippen molar-refractivity contribution in [1.29, 1.82) is 0 Å². The average Bonchev–Trinajstić information content (AvgIpc) is 2.70. The highest BCUT2D eigenvalue weighted by Gasteiger charge is 2.18. The Balaban J connectivity index is 1.80. The Morgan fingerprint density at radius 2 is 1.83 bits per heavy atom. The lowest BCUT2D eigenvalue weighted by molar-refractivity contribution is 0.0955. The SMILES string of the molecule is Cc1ccc(S(=O)(=O)Oc2ccc(Br)cc2/C=N\NC(=O)c2cccc(I)c2)cc1. The molecule has 0 atom stereocenters. The molecule has 0 heterocycles. The summed E-state index contributed by atoms with van der Waals surface area (Å²) in [4.78, 5) is 12.3. The van der Waals surface area contributed by atoms with Gasteiger partial charge in [-0.2, -0.15) is 13.5 Å². The summed E-state index contributed by atoms with van der Waals surface area (Å²) in [5, 5.41) is 3.94. The quantitative estimate of drug-likeness (QED) is 0.189. The van der Waals surface area contributed by atoms with E-state index in [0.29, 0.717) is 15.6 Å². The zero-order valence-electron chi connectivity index (χ0n) is 15.7. The minimum atomic E-state index is -4.02. The minimum Gasteiger partial charge on any atom is -0.378 e. The van der Waals surface area contributed by atoms with Crippen molar-refractivity contribution in [3.63, 3.8) is 0 Å². The van der Waals surface area contributed by atoms with E-state index in [4.69, 9.17) is 4.18 Å². The molecule has 1 N–H and O–H groups in total. The Hall–Kier alpha value is -2.24. The van der Waals surface area contributed by atoms with Crippen LogP contribution in [0.25, 0.3) is 0 Å². The van der Waals surface area contributed by atoms with Crippen LogP contribution >= 0.6 is 38.5 Å². The Morgan fingerprint density at radius 1 is 1.10 bits per heavy atom. The summed E-state index contributed by atoms with van der Waals surface area (Å²) in [6.07, 6.45) is 1.33. The lowest BCUT2D eigenvalue weighted by Gasteiger charge is -2.10. The molecule has 3 rings (SSSR count). The van der Waals surface area contributed by atoms with Crippen LogP contribution in [0.5, 0.6) is 5.75 Å². The van der Waals surface area contributed by atoms with Gasteiger partial charge in [0, 0.05) is 19.2 Å². The van der Waals surface area contributed by atoms with E-state index in [1.165, 1.54) is 24.4 Å². The summed E-state index contributed by atoms with van der Waals surface area (Å²) in [5.74, 6) is -0.291. The second kappa shape index (κ2) is 9.71. The first kappa shape index (κ1) is 22.4. The number of nitrogens with one attached hydrogen (secondary N) is 1. The van der Waals surface area contributed by atoms with Crippen LogP contribution in [0.3, 0.4) is 0 Å². The first-order valence-corrected chi connectivity index (χ1v) is 11.9. The molecule has 6 nitrogen and oxygen atoms in total. The molecule has 0 aliphatic heterocycles. The largest absolute Gasteiger partial charge is 0.378 e. The van der Waals surface area contributed by atoms with Gasteiger partial charge in [0.2, 0.25) is 0 Å². The second-order valence-corrected chi connectivity index (χ2v) is 9.95. The van der Waals surface area contributed by atoms with Crippen LogP contribution in [0.2, 0.25) is 0 Å². The smallest absolute Gasteiger partial charge is 0.339 e. The van der Waals surface area contributed by atoms with Crippen LogP contribution in [-0.2, 0) is 10.1 Å². The summed E-state index contributed by atoms with van der Waals surface area (Å²) in [7, 11) is -4.02. The normalized spacial score (nSPS) is 11.4. The van der Waals surface area contributed by atoms with Crippen molar-refractivity contribution in [1.82, 2.24) is 5.43 Å². The fourth-order valence-corrected chi connectivity index (χ4v) is 4.30. The van der Waals surface area contributed by atoms with Crippen molar-refractivity contribution < 1.29 is 17.4 Å². The minimum absolute atomic E-state index is 0.0471. The number of hydrogen-bond donors (Lipinski definition) is 1. The number of hydrogen-bond acceptors (Lipinski definition) is 5. The number of rotatable bonds is 6. The zero-order chi connectivity index (χ0) is 21.7. The van der Waals surface area contributed by atoms with Gasteiger partial charge in [0.1, 0.15) is 4.90 Å². The van der Waals surface area contributed by atoms with Crippen molar-refractivity contribution in [2.45, 2.75) is 11.8 Å². The maximum atomic E-state index is 12.6. The molecule has 0 spiro atoms. The topological polar surface area (TPSA) is 84.8 Å². The van der Waals surface area contributed by atoms with Crippen molar-refractivity contribution in [3.8, 4) is 5.75 Å². The van der Waals surface area contributed by atoms with E-state index in [-0.39, 0.29) is 16.6 Å². The van der Waals surface area contributed by atoms with Crippen molar-refractivity contribution >= 4 is 60.8 Å². The second-order valence-electron chi connectivity index (χ2n) is 6.24. The van der Waals surface area contributed by atoms with Crippen LogP contribution in [0.15, 0.2) is 81.2 Å². The molecule has 0 bridgehead atoms. The van der Waals surface area contributed by atoms with Gasteiger partial charge in [0.15, 0.2) is 5.75 Å². The van der Waals surface area contributed by atoms with E-state index in [9.17, 15) is 13.2 Å². The number of halogens is 2. The van der Waals surface area contributed by atoms with Crippen molar-refractivity contribution in [2.24, 2.45) is 5.10 Å². The Morgan fingerprint density at radius 3 is 2.53 bits per heavy atom. The summed E-state index contributed by atoms with van der Waals surface area (Å²) in [5.41, 5.74) is 4.21. The van der Waals surface area contributed by atoms with Gasteiger partial charge in [0.05, 0.1) is 6.21 Å². The molecular weight excluding hydrogens is 583 g/mol. The number of carbonyl (C=O) groups excluding carboxylic acids is 1. The Kier molecular flexibility index (Phi) is 7.27. The maximum absolute atomic E-state index is 12.6. The van der Waals surface area contributed by atoms with Gasteiger partial charge in [-0.25, -0.2) is 5.43 Å². The highest BCUT2D eigenvalue weighted by atomic mass is 127. The number of amides is 1. The molecule has 30 heavy (non-hydrogen) atoms. The molecule has 0 saturated heterocycles. The predicted molar refractivity (Wildman–Crippen MR) is 127 cm³/mol. The molecular formula is C21H16BrIN2O4S. The van der Waals surface area contributed by atoms with Gasteiger partial charge < -0.3 is 4.18 Å². The third-order valence-electron chi connectivity index (χ3n) is 3.94. The first-order chi connectivity index (χ1) is 14.2. The van der Waals surface area contributed by atoms with Gasteiger partial charge in [0.25, 0.3) is 5.91 Å². The van der Waals surface area contributed by atoms with Crippen LogP contribution < -0.4 is 9.61 Å². The lowest BCUT2D eigenvalue weighted by Crippen LogP contribution is -2.17. The molecule has 3 aromatic carbocycles. The van der Waals surface area contributed by atoms with Crippen LogP contribution in [0.4, 0.5) is 0 Å². The number of hydrazone groups is 1. The molecule has 0 saturated carbocycles. The van der Waals surface area contributed by atoms with E-state index in [1.54, 1.807) is 42.5 Å². The summed E-state index contributed by atoms with van der Waals surface area (Å²) in [6, 6.07) is 18.2. The number of carbonyl (C=O) groups is 1. The molecule has 0 aromatic heterocycles. The summed E-state index contributed by atoms with van der Waals surface area (Å²) in [6.45, 7) is 1.87. The van der Waals surface area contributed by atoms with Crippen LogP contribution in [0, 0.1) is 10.5 Å². The fourth-order valence-electron chi connectivity index (χ4n) is 2.42. The van der Waals surface area contributed by atoms with Crippen molar-refractivity contribution in [2.75, 3.05) is 0 Å². The first-order valence-electron chi connectivity index (χ1n) is 8.64. The van der Waals surface area contributed by atoms with Gasteiger partial charge in [-0.1, -0.05) is 39.7 Å². The molecule has 1 amide bonds. The standard InChI is InChI=1S/C21H16BrIN2O4S/c1-14-5-8-19(9-6-14)30(27,28)29-20-10-7-17(22)11-16(20)13-24-25-21(26)15-3-2-4-18(23)12-15/h2-13H,1H3,(H,25,26)/b24-13-. The summed E-state index contributed by atoms with van der Waals surface area (Å²) < 4.78 is 32.1. The highest BCUT2D eigenvalue weighted by Crippen LogP contribution is 2.25. The molecule has 154 valence electrons. The molecule has 3 aromatic rings. The lowest BCUT2D eigenvalue weighted by atomic mass is 10.2. The van der Waals surface area contributed by atoms with Gasteiger partial charge >= 0.3 is 10.1 Å². The van der Waals surface area contributed by atoms with E-state index in [0.717, 1.165) is 9.13 Å². The average molecular weight is 599 g/mol. The molecule has 0 aliphatic carbocycles. The summed E-state index contributed by atoms with van der Waals surface area (Å²) >= 11 is 5.45.